The number of nitrogens with zero attached hydrogens (tertiary/aromatic N) is 1. The number of rotatable bonds is 4. The summed E-state index contributed by atoms with van der Waals surface area (Å²) in [6.45, 7) is 8.19. The van der Waals surface area contributed by atoms with Crippen LogP contribution in [0.15, 0.2) is 23.1 Å². The van der Waals surface area contributed by atoms with Gasteiger partial charge >= 0.3 is 0 Å². The summed E-state index contributed by atoms with van der Waals surface area (Å²) >= 11 is 12.1. The van der Waals surface area contributed by atoms with Crippen molar-refractivity contribution in [1.29, 1.82) is 0 Å². The van der Waals surface area contributed by atoms with Crippen molar-refractivity contribution in [2.75, 3.05) is 32.7 Å². The predicted octanol–water partition coefficient (Wildman–Crippen LogP) is 1.19. The monoisotopic (exact) mass is 422 g/mol. The number of nitrogens with one attached hydrogen (secondary N) is 2. The molecule has 1 aliphatic rings. The van der Waals surface area contributed by atoms with Gasteiger partial charge in [0.2, 0.25) is 10.0 Å². The highest BCUT2D eigenvalue weighted by atomic mass is 35.5. The lowest BCUT2D eigenvalue weighted by atomic mass is 10.1. The van der Waals surface area contributed by atoms with Crippen molar-refractivity contribution < 1.29 is 18.1 Å². The highest BCUT2D eigenvalue weighted by Crippen LogP contribution is 2.30. The zero-order chi connectivity index (χ0) is 19.5. The summed E-state index contributed by atoms with van der Waals surface area (Å²) in [6, 6.07) is 4.61. The van der Waals surface area contributed by atoms with Crippen molar-refractivity contribution in [2.45, 2.75) is 37.6 Å². The van der Waals surface area contributed by atoms with Crippen LogP contribution in [0.5, 0.6) is 0 Å². The quantitative estimate of drug-likeness (QED) is 0.765. The number of quaternary nitrogens is 1. The molecule has 0 aromatic heterocycles. The number of sulfonamides is 1. The lowest BCUT2D eigenvalue weighted by Crippen LogP contribution is -3.13. The van der Waals surface area contributed by atoms with Gasteiger partial charge in [-0.1, -0.05) is 29.3 Å². The molecule has 0 spiro atoms. The predicted molar refractivity (Wildman–Crippen MR) is 103 cm³/mol. The van der Waals surface area contributed by atoms with E-state index in [0.29, 0.717) is 32.6 Å². The Morgan fingerprint density at radius 2 is 1.92 bits per heavy atom. The van der Waals surface area contributed by atoms with Crippen molar-refractivity contribution in [3.8, 4) is 0 Å². The van der Waals surface area contributed by atoms with Gasteiger partial charge in [-0.05, 0) is 32.9 Å². The van der Waals surface area contributed by atoms with Crippen LogP contribution in [0.3, 0.4) is 0 Å². The zero-order valence-electron chi connectivity index (χ0n) is 15.3. The molecule has 1 saturated heterocycles. The van der Waals surface area contributed by atoms with E-state index in [1.165, 1.54) is 10.4 Å². The Morgan fingerprint density at radius 1 is 1.23 bits per heavy atom. The van der Waals surface area contributed by atoms with Gasteiger partial charge < -0.3 is 10.2 Å². The Balaban J connectivity index is 2.06. The van der Waals surface area contributed by atoms with E-state index in [1.807, 2.05) is 20.8 Å². The second-order valence-electron chi connectivity index (χ2n) is 7.53. The van der Waals surface area contributed by atoms with Gasteiger partial charge in [0.15, 0.2) is 6.54 Å². The van der Waals surface area contributed by atoms with Gasteiger partial charge in [0, 0.05) is 18.5 Å². The summed E-state index contributed by atoms with van der Waals surface area (Å²) < 4.78 is 27.3. The minimum absolute atomic E-state index is 0.0262. The molecule has 0 radical (unpaired) electrons. The number of amides is 1. The molecule has 0 saturated carbocycles. The first-order chi connectivity index (χ1) is 12.0. The number of carbonyl (C=O) groups excluding carboxylic acids is 1. The Bertz CT molecular complexity index is 763. The molecule has 0 bridgehead atoms. The summed E-state index contributed by atoms with van der Waals surface area (Å²) in [7, 11) is -3.72. The minimum atomic E-state index is -3.72. The van der Waals surface area contributed by atoms with Gasteiger partial charge in [-0.15, -0.1) is 0 Å². The first kappa shape index (κ1) is 21.4. The lowest BCUT2D eigenvalue weighted by Gasteiger charge is -2.23. The third-order valence-electron chi connectivity index (χ3n) is 4.11. The minimum Gasteiger partial charge on any atom is -0.347 e. The lowest BCUT2D eigenvalue weighted by molar-refractivity contribution is -0.889. The molecule has 26 heavy (non-hydrogen) atoms. The van der Waals surface area contributed by atoms with Crippen molar-refractivity contribution in [3.05, 3.63) is 28.2 Å². The number of benzene rings is 1. The van der Waals surface area contributed by atoms with Gasteiger partial charge in [-0.2, -0.15) is 4.31 Å². The fourth-order valence-electron chi connectivity index (χ4n) is 2.95. The van der Waals surface area contributed by atoms with Crippen LogP contribution in [0.1, 0.15) is 27.2 Å². The van der Waals surface area contributed by atoms with Gasteiger partial charge in [0.1, 0.15) is 4.90 Å². The first-order valence-electron chi connectivity index (χ1n) is 8.59. The van der Waals surface area contributed by atoms with E-state index in [1.54, 1.807) is 12.1 Å². The van der Waals surface area contributed by atoms with Crippen LogP contribution in [0.2, 0.25) is 10.0 Å². The van der Waals surface area contributed by atoms with Gasteiger partial charge in [-0.3, -0.25) is 4.79 Å². The van der Waals surface area contributed by atoms with Crippen molar-refractivity contribution in [3.63, 3.8) is 0 Å². The van der Waals surface area contributed by atoms with Crippen LogP contribution in [0, 0.1) is 0 Å². The number of halogens is 2. The highest BCUT2D eigenvalue weighted by molar-refractivity contribution is 7.89. The molecule has 1 aromatic rings. The van der Waals surface area contributed by atoms with Crippen LogP contribution >= 0.6 is 23.2 Å². The molecular weight excluding hydrogens is 397 g/mol. The summed E-state index contributed by atoms with van der Waals surface area (Å²) in [6.07, 6.45) is 0.676. The topological polar surface area (TPSA) is 70.9 Å². The van der Waals surface area contributed by atoms with E-state index in [0.717, 1.165) is 11.4 Å². The van der Waals surface area contributed by atoms with E-state index in [4.69, 9.17) is 23.2 Å². The van der Waals surface area contributed by atoms with Crippen LogP contribution in [-0.2, 0) is 14.8 Å². The van der Waals surface area contributed by atoms with Crippen molar-refractivity contribution in [2.24, 2.45) is 0 Å². The Morgan fingerprint density at radius 3 is 2.58 bits per heavy atom. The molecule has 0 aliphatic carbocycles. The Kier molecular flexibility index (Phi) is 6.96. The standard InChI is InChI=1S/C17H25Cl2N3O3S/c1-17(2,3)20-15(23)12-21-8-5-9-22(11-10-21)26(24,25)14-7-4-6-13(18)16(14)19/h4,6-7H,5,8-12H2,1-3H3,(H,20,23)/p+1. The Labute approximate surface area is 165 Å². The van der Waals surface area contributed by atoms with Gasteiger partial charge in [0.05, 0.1) is 29.7 Å². The maximum atomic E-state index is 12.9. The van der Waals surface area contributed by atoms with Gasteiger partial charge in [0.25, 0.3) is 5.91 Å². The molecule has 9 heteroatoms. The highest BCUT2D eigenvalue weighted by Gasteiger charge is 2.31. The molecule has 1 aromatic carbocycles. The normalized spacial score (nSPS) is 19.8. The van der Waals surface area contributed by atoms with Gasteiger partial charge in [-0.25, -0.2) is 8.42 Å². The SMILES string of the molecule is CC(C)(C)NC(=O)C[NH+]1CCCN(S(=O)(=O)c2cccc(Cl)c2Cl)CC1. The van der Waals surface area contributed by atoms with E-state index < -0.39 is 10.0 Å². The zero-order valence-corrected chi connectivity index (χ0v) is 17.6. The van der Waals surface area contributed by atoms with E-state index in [-0.39, 0.29) is 26.4 Å². The molecule has 1 aliphatic heterocycles. The molecule has 6 nitrogen and oxygen atoms in total. The third-order valence-corrected chi connectivity index (χ3v) is 6.98. The molecule has 1 fully saturated rings. The molecular formula is C17H26Cl2N3O3S+. The molecule has 2 rings (SSSR count). The molecule has 1 unspecified atom stereocenters. The summed E-state index contributed by atoms with van der Waals surface area (Å²) in [4.78, 5) is 13.2. The van der Waals surface area contributed by atoms with E-state index >= 15 is 0 Å². The first-order valence-corrected chi connectivity index (χ1v) is 10.8. The maximum Gasteiger partial charge on any atom is 0.275 e. The van der Waals surface area contributed by atoms with Crippen LogP contribution in [0.25, 0.3) is 0 Å². The third kappa shape index (κ3) is 5.57. The largest absolute Gasteiger partial charge is 0.347 e. The second kappa shape index (κ2) is 8.44. The summed E-state index contributed by atoms with van der Waals surface area (Å²) in [5, 5.41) is 3.21. The average molecular weight is 423 g/mol. The van der Waals surface area contributed by atoms with Crippen LogP contribution in [-0.4, -0.2) is 56.9 Å². The molecule has 1 amide bonds. The number of hydrogen-bond donors (Lipinski definition) is 2. The number of hydrogen-bond acceptors (Lipinski definition) is 3. The average Bonchev–Trinajstić information content (AvgIpc) is 2.74. The van der Waals surface area contributed by atoms with Crippen LogP contribution < -0.4 is 10.2 Å². The molecule has 1 heterocycles. The maximum absolute atomic E-state index is 12.9. The van der Waals surface area contributed by atoms with Crippen LogP contribution in [0.4, 0.5) is 0 Å². The second-order valence-corrected chi connectivity index (χ2v) is 10.2. The molecule has 2 N–H and O–H groups in total. The molecule has 146 valence electrons. The summed E-state index contributed by atoms with van der Waals surface area (Å²) in [5.74, 6) is -0.0262. The van der Waals surface area contributed by atoms with E-state index in [9.17, 15) is 13.2 Å². The number of carbonyl (C=O) groups is 1. The fourth-order valence-corrected chi connectivity index (χ4v) is 5.17. The fraction of sp³-hybridized carbons (Fsp3) is 0.588. The van der Waals surface area contributed by atoms with E-state index in [2.05, 4.69) is 5.32 Å². The Hall–Kier alpha value is -0.860. The summed E-state index contributed by atoms with van der Waals surface area (Å²) in [5.41, 5.74) is -0.277. The van der Waals surface area contributed by atoms with Crippen molar-refractivity contribution in [1.82, 2.24) is 9.62 Å². The smallest absolute Gasteiger partial charge is 0.275 e. The molecule has 1 atom stereocenters. The van der Waals surface area contributed by atoms with Crippen molar-refractivity contribution >= 4 is 39.1 Å².